The molecule has 0 unspecified atom stereocenters. The normalized spacial score (nSPS) is 10.7. The van der Waals surface area contributed by atoms with Gasteiger partial charge in [0.25, 0.3) is 0 Å². The van der Waals surface area contributed by atoms with E-state index in [0.717, 1.165) is 19.5 Å². The largest absolute Gasteiger partial charge is 0.370 e. The lowest BCUT2D eigenvalue weighted by molar-refractivity contribution is -0.119. The molecule has 3 N–H and O–H groups in total. The highest BCUT2D eigenvalue weighted by Crippen LogP contribution is 1.98. The summed E-state index contributed by atoms with van der Waals surface area (Å²) in [5, 5.41) is 2.84. The van der Waals surface area contributed by atoms with Gasteiger partial charge < -0.3 is 16.0 Å². The van der Waals surface area contributed by atoms with Crippen molar-refractivity contribution in [1.82, 2.24) is 10.2 Å². The lowest BCUT2D eigenvalue weighted by Crippen LogP contribution is -2.38. The molecule has 5 nitrogen and oxygen atoms in total. The van der Waals surface area contributed by atoms with Crippen molar-refractivity contribution in [2.75, 3.05) is 26.2 Å². The Kier molecular flexibility index (Phi) is 10.7. The molecule has 0 fully saturated rings. The van der Waals surface area contributed by atoms with E-state index in [0.29, 0.717) is 12.5 Å². The predicted molar refractivity (Wildman–Crippen MR) is 98.0 cm³/mol. The summed E-state index contributed by atoms with van der Waals surface area (Å²) in [6, 6.07) is 10.1. The van der Waals surface area contributed by atoms with Crippen LogP contribution in [-0.2, 0) is 11.2 Å². The van der Waals surface area contributed by atoms with Gasteiger partial charge >= 0.3 is 0 Å². The molecular weight excluding hydrogens is 379 g/mol. The summed E-state index contributed by atoms with van der Waals surface area (Å²) < 4.78 is 0. The van der Waals surface area contributed by atoms with Crippen LogP contribution >= 0.6 is 24.0 Å². The Morgan fingerprint density at radius 1 is 1.24 bits per heavy atom. The highest BCUT2D eigenvalue weighted by atomic mass is 127. The van der Waals surface area contributed by atoms with Gasteiger partial charge in [-0.2, -0.15) is 0 Å². The summed E-state index contributed by atoms with van der Waals surface area (Å²) in [7, 11) is 0. The average molecular weight is 404 g/mol. The van der Waals surface area contributed by atoms with Crippen molar-refractivity contribution in [2.45, 2.75) is 20.3 Å². The first-order valence-electron chi connectivity index (χ1n) is 7.02. The fourth-order valence-electron chi connectivity index (χ4n) is 1.85. The second kappa shape index (κ2) is 11.4. The lowest BCUT2D eigenvalue weighted by Gasteiger charge is -2.19. The van der Waals surface area contributed by atoms with Gasteiger partial charge in [0, 0.05) is 19.6 Å². The van der Waals surface area contributed by atoms with Gasteiger partial charge in [0.2, 0.25) is 5.91 Å². The molecule has 118 valence electrons. The van der Waals surface area contributed by atoms with E-state index in [1.807, 2.05) is 49.1 Å². The quantitative estimate of drug-likeness (QED) is 0.412. The van der Waals surface area contributed by atoms with Crippen molar-refractivity contribution in [3.05, 3.63) is 35.9 Å². The summed E-state index contributed by atoms with van der Waals surface area (Å²) in [5.41, 5.74) is 7.01. The van der Waals surface area contributed by atoms with Crippen LogP contribution in [0.25, 0.3) is 0 Å². The second-order valence-corrected chi connectivity index (χ2v) is 4.43. The molecule has 0 aliphatic heterocycles. The first-order chi connectivity index (χ1) is 9.67. The van der Waals surface area contributed by atoms with Crippen LogP contribution in [0.4, 0.5) is 0 Å². The summed E-state index contributed by atoms with van der Waals surface area (Å²) in [5.74, 6) is 0.323. The summed E-state index contributed by atoms with van der Waals surface area (Å²) >= 11 is 0. The minimum absolute atomic E-state index is 0. The predicted octanol–water partition coefficient (Wildman–Crippen LogP) is 1.62. The van der Waals surface area contributed by atoms with Crippen molar-refractivity contribution < 1.29 is 4.79 Å². The van der Waals surface area contributed by atoms with Gasteiger partial charge in [-0.3, -0.25) is 4.79 Å². The number of hydrogen-bond donors (Lipinski definition) is 2. The number of rotatable bonds is 7. The van der Waals surface area contributed by atoms with Crippen LogP contribution in [0.5, 0.6) is 0 Å². The number of hydrogen-bond acceptors (Lipinski definition) is 2. The molecule has 0 aliphatic rings. The van der Waals surface area contributed by atoms with Gasteiger partial charge in [0.15, 0.2) is 5.96 Å². The van der Waals surface area contributed by atoms with Gasteiger partial charge in [0.05, 0.1) is 0 Å². The number of nitrogens with one attached hydrogen (secondary N) is 1. The zero-order chi connectivity index (χ0) is 14.8. The minimum Gasteiger partial charge on any atom is -0.370 e. The Balaban J connectivity index is 0.00000400. The molecular formula is C15H25IN4O. The van der Waals surface area contributed by atoms with Crippen molar-refractivity contribution >= 4 is 35.8 Å². The maximum absolute atomic E-state index is 11.6. The number of guanidine groups is 1. The van der Waals surface area contributed by atoms with Crippen LogP contribution in [0.2, 0.25) is 0 Å². The molecule has 0 bridgehead atoms. The van der Waals surface area contributed by atoms with Crippen LogP contribution in [0.3, 0.4) is 0 Å². The van der Waals surface area contributed by atoms with Crippen LogP contribution in [0, 0.1) is 0 Å². The molecule has 1 aromatic rings. The molecule has 0 heterocycles. The molecule has 0 spiro atoms. The fraction of sp³-hybridized carbons (Fsp3) is 0.467. The third kappa shape index (κ3) is 7.89. The summed E-state index contributed by atoms with van der Waals surface area (Å²) in [6.45, 7) is 6.29. The Bertz CT molecular complexity index is 433. The first-order valence-corrected chi connectivity index (χ1v) is 7.02. The van der Waals surface area contributed by atoms with Crippen LogP contribution in [-0.4, -0.2) is 42.9 Å². The first kappa shape index (κ1) is 19.7. The fourth-order valence-corrected chi connectivity index (χ4v) is 1.85. The van der Waals surface area contributed by atoms with Crippen molar-refractivity contribution in [2.24, 2.45) is 10.7 Å². The maximum atomic E-state index is 11.6. The molecule has 0 saturated heterocycles. The summed E-state index contributed by atoms with van der Waals surface area (Å²) in [4.78, 5) is 17.7. The molecule has 0 atom stereocenters. The molecule has 1 rings (SSSR count). The smallest absolute Gasteiger partial charge is 0.241 e. The van der Waals surface area contributed by atoms with E-state index in [-0.39, 0.29) is 36.4 Å². The van der Waals surface area contributed by atoms with E-state index in [2.05, 4.69) is 10.3 Å². The number of nitrogens with two attached hydrogens (primary N) is 1. The number of carbonyl (C=O) groups is 1. The topological polar surface area (TPSA) is 70.7 Å². The molecule has 1 amide bonds. The Morgan fingerprint density at radius 3 is 2.43 bits per heavy atom. The number of benzene rings is 1. The number of halogens is 1. The SMILES string of the molecule is CCN(CC)C(N)=NCC(=O)NCCc1ccccc1.I. The zero-order valence-electron chi connectivity index (χ0n) is 12.7. The van der Waals surface area contributed by atoms with Gasteiger partial charge in [-0.05, 0) is 25.8 Å². The molecule has 0 aliphatic carbocycles. The zero-order valence-corrected chi connectivity index (χ0v) is 15.0. The monoisotopic (exact) mass is 404 g/mol. The minimum atomic E-state index is -0.101. The van der Waals surface area contributed by atoms with Gasteiger partial charge in [-0.15, -0.1) is 24.0 Å². The Hall–Kier alpha value is -1.31. The molecule has 21 heavy (non-hydrogen) atoms. The number of carbonyl (C=O) groups excluding carboxylic acids is 1. The number of aliphatic imine (C=N–C) groups is 1. The Morgan fingerprint density at radius 2 is 1.86 bits per heavy atom. The molecule has 0 radical (unpaired) electrons. The van der Waals surface area contributed by atoms with Crippen molar-refractivity contribution in [3.63, 3.8) is 0 Å². The molecule has 6 heteroatoms. The van der Waals surface area contributed by atoms with Gasteiger partial charge in [-0.25, -0.2) is 4.99 Å². The Labute approximate surface area is 144 Å². The number of nitrogens with zero attached hydrogens (tertiary/aromatic N) is 2. The van der Waals surface area contributed by atoms with Gasteiger partial charge in [0.1, 0.15) is 6.54 Å². The van der Waals surface area contributed by atoms with E-state index in [1.54, 1.807) is 0 Å². The third-order valence-electron chi connectivity index (χ3n) is 3.05. The van der Waals surface area contributed by atoms with Gasteiger partial charge in [-0.1, -0.05) is 30.3 Å². The van der Waals surface area contributed by atoms with E-state index in [4.69, 9.17) is 5.73 Å². The van der Waals surface area contributed by atoms with E-state index in [1.165, 1.54) is 5.56 Å². The third-order valence-corrected chi connectivity index (χ3v) is 3.05. The van der Waals surface area contributed by atoms with Crippen LogP contribution in [0.15, 0.2) is 35.3 Å². The van der Waals surface area contributed by atoms with Crippen LogP contribution in [0.1, 0.15) is 19.4 Å². The maximum Gasteiger partial charge on any atom is 0.241 e. The second-order valence-electron chi connectivity index (χ2n) is 4.43. The molecule has 1 aromatic carbocycles. The van der Waals surface area contributed by atoms with Crippen molar-refractivity contribution in [1.29, 1.82) is 0 Å². The van der Waals surface area contributed by atoms with E-state index in [9.17, 15) is 4.79 Å². The molecule has 0 aromatic heterocycles. The average Bonchev–Trinajstić information content (AvgIpc) is 2.47. The standard InChI is InChI=1S/C15H24N4O.HI/c1-3-19(4-2)15(16)18-12-14(20)17-11-10-13-8-6-5-7-9-13;/h5-9H,3-4,10-12H2,1-2H3,(H2,16,18)(H,17,20);1H. The lowest BCUT2D eigenvalue weighted by atomic mass is 10.1. The van der Waals surface area contributed by atoms with Crippen LogP contribution < -0.4 is 11.1 Å². The number of amides is 1. The highest BCUT2D eigenvalue weighted by molar-refractivity contribution is 14.0. The highest BCUT2D eigenvalue weighted by Gasteiger charge is 2.04. The summed E-state index contributed by atoms with van der Waals surface area (Å²) in [6.07, 6.45) is 0.821. The van der Waals surface area contributed by atoms with Crippen molar-refractivity contribution in [3.8, 4) is 0 Å². The van der Waals surface area contributed by atoms with E-state index >= 15 is 0 Å². The molecule has 0 saturated carbocycles. The van der Waals surface area contributed by atoms with E-state index < -0.39 is 0 Å².